The maximum Gasteiger partial charge on any atom is 0.254 e. The standard InChI is InChI=1S/C15H19FN2O3S/c16-12-6-2-1-5-11(12)15(19)17-13-9-22(20,21)10-14(13)18-7-3-4-8-18/h1-2,5-6,13-14H,3-4,7-10H2,(H,17,19). The van der Waals surface area contributed by atoms with Crippen LogP contribution in [0.25, 0.3) is 0 Å². The first-order chi connectivity index (χ1) is 10.5. The smallest absolute Gasteiger partial charge is 0.254 e. The first-order valence-corrected chi connectivity index (χ1v) is 9.28. The molecule has 2 unspecified atom stereocenters. The molecule has 2 atom stereocenters. The normalized spacial score (nSPS) is 27.9. The number of hydrogen-bond acceptors (Lipinski definition) is 4. The maximum atomic E-state index is 13.7. The first-order valence-electron chi connectivity index (χ1n) is 7.46. The quantitative estimate of drug-likeness (QED) is 0.893. The van der Waals surface area contributed by atoms with Crippen molar-refractivity contribution in [1.82, 2.24) is 10.2 Å². The van der Waals surface area contributed by atoms with Crippen molar-refractivity contribution in [1.29, 1.82) is 0 Å². The third-order valence-electron chi connectivity index (χ3n) is 4.37. The van der Waals surface area contributed by atoms with Gasteiger partial charge in [0, 0.05) is 6.04 Å². The molecule has 7 heteroatoms. The number of sulfone groups is 1. The molecule has 2 aliphatic rings. The van der Waals surface area contributed by atoms with Gasteiger partial charge in [0.15, 0.2) is 9.84 Å². The summed E-state index contributed by atoms with van der Waals surface area (Å²) in [6.45, 7) is 1.71. The van der Waals surface area contributed by atoms with Gasteiger partial charge in [0.2, 0.25) is 0 Å². The van der Waals surface area contributed by atoms with Crippen LogP contribution in [0.3, 0.4) is 0 Å². The third kappa shape index (κ3) is 3.15. The van der Waals surface area contributed by atoms with Gasteiger partial charge >= 0.3 is 0 Å². The number of rotatable bonds is 3. The highest BCUT2D eigenvalue weighted by molar-refractivity contribution is 7.91. The van der Waals surface area contributed by atoms with Crippen LogP contribution in [0.1, 0.15) is 23.2 Å². The molecule has 0 bridgehead atoms. The van der Waals surface area contributed by atoms with E-state index >= 15 is 0 Å². The summed E-state index contributed by atoms with van der Waals surface area (Å²) in [5, 5.41) is 2.72. The summed E-state index contributed by atoms with van der Waals surface area (Å²) in [6.07, 6.45) is 2.09. The second-order valence-electron chi connectivity index (χ2n) is 5.95. The van der Waals surface area contributed by atoms with Crippen LogP contribution in [0.15, 0.2) is 24.3 Å². The third-order valence-corrected chi connectivity index (χ3v) is 6.08. The molecule has 1 N–H and O–H groups in total. The average Bonchev–Trinajstić information content (AvgIpc) is 3.06. The van der Waals surface area contributed by atoms with Crippen LogP contribution in [0, 0.1) is 5.82 Å². The number of benzene rings is 1. The van der Waals surface area contributed by atoms with Gasteiger partial charge < -0.3 is 5.32 Å². The second-order valence-corrected chi connectivity index (χ2v) is 8.10. The van der Waals surface area contributed by atoms with Crippen molar-refractivity contribution in [2.45, 2.75) is 24.9 Å². The Labute approximate surface area is 129 Å². The van der Waals surface area contributed by atoms with Crippen molar-refractivity contribution in [3.05, 3.63) is 35.6 Å². The Morgan fingerprint density at radius 1 is 1.18 bits per heavy atom. The number of halogens is 1. The fourth-order valence-corrected chi connectivity index (χ4v) is 5.24. The predicted molar refractivity (Wildman–Crippen MR) is 80.9 cm³/mol. The van der Waals surface area contributed by atoms with Gasteiger partial charge in [-0.3, -0.25) is 9.69 Å². The molecular weight excluding hydrogens is 307 g/mol. The lowest BCUT2D eigenvalue weighted by Gasteiger charge is -2.28. The SMILES string of the molecule is O=C(NC1CS(=O)(=O)CC1N1CCCC1)c1ccccc1F. The molecule has 2 fully saturated rings. The van der Waals surface area contributed by atoms with Gasteiger partial charge in [-0.2, -0.15) is 0 Å². The predicted octanol–water partition coefficient (Wildman–Crippen LogP) is 0.817. The summed E-state index contributed by atoms with van der Waals surface area (Å²) in [5.41, 5.74) is -0.0491. The molecule has 3 rings (SSSR count). The fraction of sp³-hybridized carbons (Fsp3) is 0.533. The summed E-state index contributed by atoms with van der Waals surface area (Å²) in [5.74, 6) is -1.16. The molecule has 5 nitrogen and oxygen atoms in total. The number of carbonyl (C=O) groups excluding carboxylic acids is 1. The lowest BCUT2D eigenvalue weighted by atomic mass is 10.1. The van der Waals surface area contributed by atoms with Crippen LogP contribution in [0.4, 0.5) is 4.39 Å². The van der Waals surface area contributed by atoms with Crippen molar-refractivity contribution in [2.75, 3.05) is 24.6 Å². The lowest BCUT2D eigenvalue weighted by molar-refractivity contribution is 0.0914. The van der Waals surface area contributed by atoms with Crippen LogP contribution in [-0.4, -0.2) is 55.9 Å². The Bertz CT molecular complexity index is 671. The van der Waals surface area contributed by atoms with Gasteiger partial charge in [-0.1, -0.05) is 12.1 Å². The van der Waals surface area contributed by atoms with E-state index in [4.69, 9.17) is 0 Å². The van der Waals surface area contributed by atoms with Crippen LogP contribution in [-0.2, 0) is 9.84 Å². The van der Waals surface area contributed by atoms with Crippen molar-refractivity contribution >= 4 is 15.7 Å². The van der Waals surface area contributed by atoms with E-state index in [1.165, 1.54) is 18.2 Å². The van der Waals surface area contributed by atoms with E-state index in [0.717, 1.165) is 25.9 Å². The van der Waals surface area contributed by atoms with Crippen molar-refractivity contribution in [3.63, 3.8) is 0 Å². The van der Waals surface area contributed by atoms with E-state index in [-0.39, 0.29) is 23.1 Å². The Hall–Kier alpha value is -1.47. The molecule has 2 saturated heterocycles. The van der Waals surface area contributed by atoms with E-state index in [1.807, 2.05) is 0 Å². The van der Waals surface area contributed by atoms with Crippen molar-refractivity contribution in [3.8, 4) is 0 Å². The zero-order chi connectivity index (χ0) is 15.7. The maximum absolute atomic E-state index is 13.7. The van der Waals surface area contributed by atoms with E-state index in [2.05, 4.69) is 10.2 Å². The van der Waals surface area contributed by atoms with Gasteiger partial charge in [-0.05, 0) is 38.1 Å². The number of nitrogens with one attached hydrogen (secondary N) is 1. The zero-order valence-corrected chi connectivity index (χ0v) is 13.0. The topological polar surface area (TPSA) is 66.5 Å². The molecular formula is C15H19FN2O3S. The van der Waals surface area contributed by atoms with Gasteiger partial charge in [0.25, 0.3) is 5.91 Å². The second kappa shape index (κ2) is 5.96. The Morgan fingerprint density at radius 2 is 1.86 bits per heavy atom. The minimum Gasteiger partial charge on any atom is -0.347 e. The van der Waals surface area contributed by atoms with Crippen LogP contribution in [0.2, 0.25) is 0 Å². The number of nitrogens with zero attached hydrogens (tertiary/aromatic N) is 1. The van der Waals surface area contributed by atoms with Crippen molar-refractivity contribution < 1.29 is 17.6 Å². The zero-order valence-electron chi connectivity index (χ0n) is 12.2. The Kier molecular flexibility index (Phi) is 4.18. The molecule has 0 aromatic heterocycles. The van der Waals surface area contributed by atoms with Gasteiger partial charge in [0.1, 0.15) is 5.82 Å². The van der Waals surface area contributed by atoms with E-state index in [0.29, 0.717) is 0 Å². The highest BCUT2D eigenvalue weighted by Crippen LogP contribution is 2.23. The molecule has 0 spiro atoms. The number of amides is 1. The minimum atomic E-state index is -3.17. The highest BCUT2D eigenvalue weighted by atomic mass is 32.2. The van der Waals surface area contributed by atoms with Crippen molar-refractivity contribution in [2.24, 2.45) is 0 Å². The van der Waals surface area contributed by atoms with Crippen LogP contribution >= 0.6 is 0 Å². The molecule has 0 radical (unpaired) electrons. The van der Waals surface area contributed by atoms with Gasteiger partial charge in [-0.15, -0.1) is 0 Å². The highest BCUT2D eigenvalue weighted by Gasteiger charge is 2.42. The Morgan fingerprint density at radius 3 is 2.55 bits per heavy atom. The summed E-state index contributed by atoms with van der Waals surface area (Å²) in [7, 11) is -3.17. The molecule has 22 heavy (non-hydrogen) atoms. The molecule has 2 heterocycles. The molecule has 120 valence electrons. The fourth-order valence-electron chi connectivity index (χ4n) is 3.29. The monoisotopic (exact) mass is 326 g/mol. The molecule has 1 aromatic carbocycles. The summed E-state index contributed by atoms with van der Waals surface area (Å²) in [4.78, 5) is 14.4. The minimum absolute atomic E-state index is 0.0491. The summed E-state index contributed by atoms with van der Waals surface area (Å²) < 4.78 is 37.6. The lowest BCUT2D eigenvalue weighted by Crippen LogP contribution is -2.50. The number of carbonyl (C=O) groups is 1. The van der Waals surface area contributed by atoms with E-state index in [9.17, 15) is 17.6 Å². The van der Waals surface area contributed by atoms with E-state index < -0.39 is 27.6 Å². The number of likely N-dealkylation sites (tertiary alicyclic amines) is 1. The van der Waals surface area contributed by atoms with Gasteiger partial charge in [-0.25, -0.2) is 12.8 Å². The number of hydrogen-bond donors (Lipinski definition) is 1. The van der Waals surface area contributed by atoms with E-state index in [1.54, 1.807) is 6.07 Å². The molecule has 2 aliphatic heterocycles. The molecule has 1 aromatic rings. The average molecular weight is 326 g/mol. The van der Waals surface area contributed by atoms with Gasteiger partial charge in [0.05, 0.1) is 23.1 Å². The summed E-state index contributed by atoms with van der Waals surface area (Å²) >= 11 is 0. The molecule has 1 amide bonds. The summed E-state index contributed by atoms with van der Waals surface area (Å²) in [6, 6.07) is 5.04. The Balaban J connectivity index is 1.77. The van der Waals surface area contributed by atoms with Crippen LogP contribution < -0.4 is 5.32 Å². The van der Waals surface area contributed by atoms with Crippen LogP contribution in [0.5, 0.6) is 0 Å². The first kappa shape index (κ1) is 15.4. The molecule has 0 saturated carbocycles. The largest absolute Gasteiger partial charge is 0.347 e. The molecule has 0 aliphatic carbocycles.